The van der Waals surface area contributed by atoms with Gasteiger partial charge in [-0.15, -0.1) is 0 Å². The van der Waals surface area contributed by atoms with Crippen LogP contribution in [0.25, 0.3) is 33.9 Å². The molecule has 0 saturated heterocycles. The summed E-state index contributed by atoms with van der Waals surface area (Å²) in [5.41, 5.74) is 9.13. The van der Waals surface area contributed by atoms with Gasteiger partial charge in [0.1, 0.15) is 11.4 Å². The summed E-state index contributed by atoms with van der Waals surface area (Å²) < 4.78 is 5.41. The molecule has 10 nitrogen and oxygen atoms in total. The highest BCUT2D eigenvalue weighted by atomic mass is 16.1. The Morgan fingerprint density at radius 1 is 1.22 bits per heavy atom. The fourth-order valence-corrected chi connectivity index (χ4v) is 3.12. The lowest BCUT2D eigenvalue weighted by Gasteiger charge is -2.00. The predicted octanol–water partition coefficient (Wildman–Crippen LogP) is 1.05. The normalized spacial score (nSPS) is 11.4. The molecule has 4 aromatic rings. The molecule has 0 spiro atoms. The van der Waals surface area contributed by atoms with Crippen LogP contribution in [0.3, 0.4) is 0 Å². The van der Waals surface area contributed by atoms with E-state index in [-0.39, 0.29) is 5.82 Å². The van der Waals surface area contributed by atoms with Crippen LogP contribution in [0.5, 0.6) is 0 Å². The van der Waals surface area contributed by atoms with Gasteiger partial charge >= 0.3 is 0 Å². The van der Waals surface area contributed by atoms with Gasteiger partial charge in [0.25, 0.3) is 5.91 Å². The first-order valence-electron chi connectivity index (χ1n) is 8.47. The molecule has 4 rings (SSSR count). The first kappa shape index (κ1) is 16.9. The van der Waals surface area contributed by atoms with Crippen LogP contribution in [0.1, 0.15) is 23.2 Å². The molecule has 0 bridgehead atoms. The van der Waals surface area contributed by atoms with Crippen LogP contribution in [0, 0.1) is 6.92 Å². The van der Waals surface area contributed by atoms with E-state index in [2.05, 4.69) is 20.2 Å². The van der Waals surface area contributed by atoms with Crippen molar-refractivity contribution in [2.75, 3.05) is 0 Å². The van der Waals surface area contributed by atoms with Gasteiger partial charge in [-0.1, -0.05) is 0 Å². The molecule has 1 amide bonds. The molecule has 4 aromatic heterocycles. The molecule has 2 N–H and O–H groups in total. The van der Waals surface area contributed by atoms with Crippen molar-refractivity contribution in [2.24, 2.45) is 19.8 Å². The monoisotopic (exact) mass is 365 g/mol. The van der Waals surface area contributed by atoms with Crippen LogP contribution in [0.4, 0.5) is 0 Å². The molecule has 10 heteroatoms. The minimum Gasteiger partial charge on any atom is -0.363 e. The number of imidazole rings is 1. The third kappa shape index (κ3) is 2.65. The van der Waals surface area contributed by atoms with Gasteiger partial charge in [0.15, 0.2) is 11.5 Å². The number of rotatable bonds is 4. The maximum Gasteiger partial charge on any atom is 0.286 e. The lowest BCUT2D eigenvalue weighted by atomic mass is 10.3. The van der Waals surface area contributed by atoms with Crippen LogP contribution in [-0.2, 0) is 20.6 Å². The van der Waals surface area contributed by atoms with Crippen LogP contribution >= 0.6 is 0 Å². The Bertz CT molecular complexity index is 1180. The second-order valence-electron chi connectivity index (χ2n) is 6.31. The van der Waals surface area contributed by atoms with Gasteiger partial charge in [0.05, 0.1) is 16.8 Å². The molecule has 0 saturated carbocycles. The molecule has 0 aliphatic heterocycles. The van der Waals surface area contributed by atoms with E-state index in [9.17, 15) is 4.79 Å². The number of carbonyl (C=O) groups excluding carboxylic acids is 1. The van der Waals surface area contributed by atoms with Gasteiger partial charge in [0.2, 0.25) is 5.82 Å². The van der Waals surface area contributed by atoms with Crippen molar-refractivity contribution in [2.45, 2.75) is 20.4 Å². The maximum atomic E-state index is 11.4. The topological polar surface area (TPSA) is 122 Å². The number of primary amides is 1. The number of carbonyl (C=O) groups is 1. The Balaban J connectivity index is 1.87. The number of nitrogens with two attached hydrogens (primary N) is 1. The molecule has 0 aliphatic carbocycles. The largest absolute Gasteiger partial charge is 0.363 e. The zero-order chi connectivity index (χ0) is 19.3. The summed E-state index contributed by atoms with van der Waals surface area (Å²) in [5.74, 6) is -0.0467. The first-order chi connectivity index (χ1) is 12.9. The van der Waals surface area contributed by atoms with E-state index in [0.717, 1.165) is 23.6 Å². The van der Waals surface area contributed by atoms with E-state index in [1.54, 1.807) is 17.9 Å². The zero-order valence-corrected chi connectivity index (χ0v) is 15.5. The number of aryl methyl sites for hydroxylation is 4. The molecule has 0 atom stereocenters. The first-order valence-corrected chi connectivity index (χ1v) is 8.47. The zero-order valence-electron chi connectivity index (χ0n) is 15.5. The van der Waals surface area contributed by atoms with Crippen molar-refractivity contribution in [3.05, 3.63) is 30.0 Å². The van der Waals surface area contributed by atoms with Gasteiger partial charge < -0.3 is 10.3 Å². The molecule has 27 heavy (non-hydrogen) atoms. The average Bonchev–Trinajstić information content (AvgIpc) is 3.30. The van der Waals surface area contributed by atoms with Crippen molar-refractivity contribution in [1.82, 2.24) is 39.1 Å². The highest BCUT2D eigenvalue weighted by Crippen LogP contribution is 2.28. The van der Waals surface area contributed by atoms with Crippen molar-refractivity contribution in [3.63, 3.8) is 0 Å². The standard InChI is InChI=1S/C17H19N9O/c1-5-26-12(6-9(2)22-26)11-8-24(3)17(20-11)13-10-7-19-15(14(18)27)21-16(10)25(4)23-13/h6-8H,5H2,1-4H3,(H2,18,27). The lowest BCUT2D eigenvalue weighted by molar-refractivity contribution is 0.0990. The van der Waals surface area contributed by atoms with E-state index in [4.69, 9.17) is 10.7 Å². The van der Waals surface area contributed by atoms with Crippen molar-refractivity contribution < 1.29 is 4.79 Å². The molecule has 0 aliphatic rings. The van der Waals surface area contributed by atoms with Crippen LogP contribution in [-0.4, -0.2) is 45.0 Å². The number of hydrogen-bond acceptors (Lipinski definition) is 6. The van der Waals surface area contributed by atoms with E-state index < -0.39 is 5.91 Å². The molecule has 0 fully saturated rings. The van der Waals surface area contributed by atoms with Crippen molar-refractivity contribution >= 4 is 16.9 Å². The fourth-order valence-electron chi connectivity index (χ4n) is 3.12. The Morgan fingerprint density at radius 2 is 2.00 bits per heavy atom. The van der Waals surface area contributed by atoms with Crippen LogP contribution < -0.4 is 5.73 Å². The van der Waals surface area contributed by atoms with Gasteiger partial charge in [-0.3, -0.25) is 9.48 Å². The average molecular weight is 365 g/mol. The molecule has 0 radical (unpaired) electrons. The molecular formula is C17H19N9O. The summed E-state index contributed by atoms with van der Waals surface area (Å²) in [6, 6.07) is 2.01. The van der Waals surface area contributed by atoms with Gasteiger partial charge in [-0.05, 0) is 19.9 Å². The number of amides is 1. The predicted molar refractivity (Wildman–Crippen MR) is 98.7 cm³/mol. The number of nitrogens with zero attached hydrogens (tertiary/aromatic N) is 8. The minimum atomic E-state index is -0.679. The van der Waals surface area contributed by atoms with Crippen LogP contribution in [0.15, 0.2) is 18.5 Å². The Morgan fingerprint density at radius 3 is 2.70 bits per heavy atom. The van der Waals surface area contributed by atoms with E-state index in [1.165, 1.54) is 0 Å². The van der Waals surface area contributed by atoms with Crippen molar-refractivity contribution in [1.29, 1.82) is 0 Å². The van der Waals surface area contributed by atoms with Crippen molar-refractivity contribution in [3.8, 4) is 22.9 Å². The summed E-state index contributed by atoms with van der Waals surface area (Å²) in [5, 5.41) is 9.71. The lowest BCUT2D eigenvalue weighted by Crippen LogP contribution is -2.15. The van der Waals surface area contributed by atoms with E-state index in [0.29, 0.717) is 22.6 Å². The van der Waals surface area contributed by atoms with Gasteiger partial charge in [-0.25, -0.2) is 19.6 Å². The van der Waals surface area contributed by atoms with Crippen LogP contribution in [0.2, 0.25) is 0 Å². The number of fused-ring (bicyclic) bond motifs is 1. The smallest absolute Gasteiger partial charge is 0.286 e. The Labute approximate surface area is 154 Å². The quantitative estimate of drug-likeness (QED) is 0.577. The molecule has 138 valence electrons. The van der Waals surface area contributed by atoms with Gasteiger partial charge in [0, 0.05) is 33.0 Å². The minimum absolute atomic E-state index is 0.0418. The highest BCUT2D eigenvalue weighted by molar-refractivity contribution is 5.94. The molecular weight excluding hydrogens is 346 g/mol. The molecule has 0 unspecified atom stereocenters. The van der Waals surface area contributed by atoms with Gasteiger partial charge in [-0.2, -0.15) is 10.2 Å². The molecule has 0 aromatic carbocycles. The van der Waals surface area contributed by atoms with E-state index >= 15 is 0 Å². The molecule has 4 heterocycles. The second kappa shape index (κ2) is 6.01. The number of aromatic nitrogens is 8. The summed E-state index contributed by atoms with van der Waals surface area (Å²) in [6.45, 7) is 4.75. The summed E-state index contributed by atoms with van der Waals surface area (Å²) in [6.07, 6.45) is 3.50. The summed E-state index contributed by atoms with van der Waals surface area (Å²) in [7, 11) is 3.66. The number of hydrogen-bond donors (Lipinski definition) is 1. The maximum absolute atomic E-state index is 11.4. The third-order valence-electron chi connectivity index (χ3n) is 4.35. The SMILES string of the molecule is CCn1nc(C)cc1-c1cn(C)c(-c2nn(C)c3nc(C(N)=O)ncc23)n1. The second-order valence-corrected chi connectivity index (χ2v) is 6.31. The Kier molecular flexibility index (Phi) is 3.76. The fraction of sp³-hybridized carbons (Fsp3) is 0.294. The summed E-state index contributed by atoms with van der Waals surface area (Å²) in [4.78, 5) is 24.4. The summed E-state index contributed by atoms with van der Waals surface area (Å²) >= 11 is 0. The highest BCUT2D eigenvalue weighted by Gasteiger charge is 2.20. The Hall–Kier alpha value is -3.56. The third-order valence-corrected chi connectivity index (χ3v) is 4.35. The van der Waals surface area contributed by atoms with E-state index in [1.807, 2.05) is 42.4 Å².